The molecule has 0 radical (unpaired) electrons. The Kier molecular flexibility index (Phi) is 6.22. The number of benzene rings is 2. The normalized spacial score (nSPS) is 16.1. The van der Waals surface area contributed by atoms with Gasteiger partial charge in [0, 0.05) is 31.0 Å². The Morgan fingerprint density at radius 3 is 2.32 bits per heavy atom. The number of nitrogens with zero attached hydrogens (tertiary/aromatic N) is 3. The third-order valence-electron chi connectivity index (χ3n) is 6.17. The minimum absolute atomic E-state index is 0.0140. The van der Waals surface area contributed by atoms with Crippen molar-refractivity contribution >= 4 is 17.6 Å². The molecule has 1 aromatic heterocycles. The number of hydrogen-bond donors (Lipinski definition) is 0. The third kappa shape index (κ3) is 4.36. The zero-order valence-corrected chi connectivity index (χ0v) is 19.1. The molecule has 0 aliphatic carbocycles. The van der Waals surface area contributed by atoms with Gasteiger partial charge in [-0.2, -0.15) is 0 Å². The predicted molar refractivity (Wildman–Crippen MR) is 127 cm³/mol. The van der Waals surface area contributed by atoms with Crippen molar-refractivity contribution in [3.05, 3.63) is 78.1 Å². The molecule has 34 heavy (non-hydrogen) atoms. The van der Waals surface area contributed by atoms with Crippen LogP contribution in [0.25, 0.3) is 5.69 Å². The Morgan fingerprint density at radius 1 is 0.941 bits per heavy atom. The van der Waals surface area contributed by atoms with Crippen LogP contribution in [0.5, 0.6) is 5.75 Å². The minimum atomic E-state index is -0.370. The summed E-state index contributed by atoms with van der Waals surface area (Å²) >= 11 is 0. The summed E-state index contributed by atoms with van der Waals surface area (Å²) in [4.78, 5) is 29.0. The summed E-state index contributed by atoms with van der Waals surface area (Å²) in [7, 11) is 1.39. The number of carbonyl (C=O) groups is 2. The molecule has 2 aliphatic heterocycles. The molecule has 0 unspecified atom stereocenters. The summed E-state index contributed by atoms with van der Waals surface area (Å²) in [6.07, 6.45) is 3.84. The lowest BCUT2D eigenvalue weighted by Crippen LogP contribution is -2.54. The number of esters is 1. The Bertz CT molecular complexity index is 1150. The smallest absolute Gasteiger partial charge is 0.340 e. The first-order chi connectivity index (χ1) is 16.6. The van der Waals surface area contributed by atoms with Gasteiger partial charge in [-0.15, -0.1) is 0 Å². The quantitative estimate of drug-likeness (QED) is 0.526. The lowest BCUT2D eigenvalue weighted by molar-refractivity contribution is 0.0303. The van der Waals surface area contributed by atoms with Crippen LogP contribution in [0.4, 0.5) is 5.69 Å². The van der Waals surface area contributed by atoms with E-state index in [1.165, 1.54) is 7.11 Å². The van der Waals surface area contributed by atoms with Crippen molar-refractivity contribution < 1.29 is 23.8 Å². The molecule has 2 aliphatic rings. The molecule has 0 spiro atoms. The van der Waals surface area contributed by atoms with Crippen LogP contribution in [0.2, 0.25) is 0 Å². The lowest BCUT2D eigenvalue weighted by atomic mass is 10.1. The number of hydrogen-bond acceptors (Lipinski definition) is 6. The van der Waals surface area contributed by atoms with Gasteiger partial charge in [-0.05, 0) is 48.5 Å². The zero-order chi connectivity index (χ0) is 23.5. The summed E-state index contributed by atoms with van der Waals surface area (Å²) < 4.78 is 18.4. The molecule has 2 aromatic carbocycles. The monoisotopic (exact) mass is 461 g/mol. The van der Waals surface area contributed by atoms with Crippen molar-refractivity contribution in [3.8, 4) is 11.4 Å². The summed E-state index contributed by atoms with van der Waals surface area (Å²) in [6.45, 7) is 3.79. The minimum Gasteiger partial charge on any atom is -0.487 e. The van der Waals surface area contributed by atoms with Crippen molar-refractivity contribution in [2.24, 2.45) is 0 Å². The fourth-order valence-corrected chi connectivity index (χ4v) is 4.34. The first-order valence-corrected chi connectivity index (χ1v) is 11.4. The average molecular weight is 462 g/mol. The summed E-state index contributed by atoms with van der Waals surface area (Å²) in [5, 5.41) is 0. The second-order valence-electron chi connectivity index (χ2n) is 8.33. The second-order valence-corrected chi connectivity index (χ2v) is 8.33. The van der Waals surface area contributed by atoms with E-state index < -0.39 is 0 Å². The fraction of sp³-hybridized carbons (Fsp3) is 0.308. The molecule has 0 bridgehead atoms. The Morgan fingerprint density at radius 2 is 1.65 bits per heavy atom. The molecule has 3 aromatic rings. The molecule has 0 N–H and O–H groups in total. The molecule has 0 saturated carbocycles. The Balaban J connectivity index is 1.25. The zero-order valence-electron chi connectivity index (χ0n) is 19.1. The van der Waals surface area contributed by atoms with Gasteiger partial charge in [-0.3, -0.25) is 4.79 Å². The van der Waals surface area contributed by atoms with Gasteiger partial charge >= 0.3 is 5.97 Å². The van der Waals surface area contributed by atoms with Crippen LogP contribution in [0, 0.1) is 0 Å². The van der Waals surface area contributed by atoms with Crippen LogP contribution in [-0.4, -0.2) is 74.0 Å². The molecule has 8 heteroatoms. The maximum Gasteiger partial charge on any atom is 0.340 e. The lowest BCUT2D eigenvalue weighted by Gasteiger charge is -2.41. The van der Waals surface area contributed by atoms with Crippen molar-refractivity contribution in [2.45, 2.75) is 6.10 Å². The fourth-order valence-electron chi connectivity index (χ4n) is 4.34. The number of rotatable bonds is 6. The number of ether oxygens (including phenoxy) is 3. The van der Waals surface area contributed by atoms with E-state index in [2.05, 4.69) is 4.90 Å². The van der Waals surface area contributed by atoms with Gasteiger partial charge in [0.25, 0.3) is 5.91 Å². The van der Waals surface area contributed by atoms with Gasteiger partial charge < -0.3 is 28.6 Å². The van der Waals surface area contributed by atoms with Crippen LogP contribution < -0.4 is 9.64 Å². The van der Waals surface area contributed by atoms with E-state index in [4.69, 9.17) is 14.2 Å². The molecule has 176 valence electrons. The SMILES string of the molecule is COC(=O)c1cccc(N2CC(Oc3ccc(C(=O)N4CCOCC4)cc3)C2)c1-n1cccc1. The van der Waals surface area contributed by atoms with E-state index in [0.29, 0.717) is 50.5 Å². The highest BCUT2D eigenvalue weighted by Gasteiger charge is 2.32. The first-order valence-electron chi connectivity index (χ1n) is 11.4. The van der Waals surface area contributed by atoms with Gasteiger partial charge in [0.2, 0.25) is 0 Å². The molecule has 5 rings (SSSR count). The van der Waals surface area contributed by atoms with E-state index in [1.54, 1.807) is 6.07 Å². The molecule has 8 nitrogen and oxygen atoms in total. The van der Waals surface area contributed by atoms with Crippen molar-refractivity contribution in [3.63, 3.8) is 0 Å². The molecule has 2 saturated heterocycles. The van der Waals surface area contributed by atoms with E-state index in [-0.39, 0.29) is 18.0 Å². The van der Waals surface area contributed by atoms with Gasteiger partial charge in [-0.25, -0.2) is 4.79 Å². The number of aromatic nitrogens is 1. The highest BCUT2D eigenvalue weighted by atomic mass is 16.5. The van der Waals surface area contributed by atoms with Crippen molar-refractivity contribution in [2.75, 3.05) is 51.4 Å². The summed E-state index contributed by atoms with van der Waals surface area (Å²) in [5.74, 6) is 0.385. The third-order valence-corrected chi connectivity index (χ3v) is 6.17. The van der Waals surface area contributed by atoms with Crippen LogP contribution in [0.1, 0.15) is 20.7 Å². The maximum absolute atomic E-state index is 12.6. The largest absolute Gasteiger partial charge is 0.487 e. The standard InChI is InChI=1S/C26H27N3O5/c1-32-26(31)22-5-4-6-23(24(22)27-11-2-3-12-27)29-17-21(18-29)34-20-9-7-19(8-10-20)25(30)28-13-15-33-16-14-28/h2-12,21H,13-18H2,1H3. The van der Waals surface area contributed by atoms with E-state index in [9.17, 15) is 9.59 Å². The molecule has 3 heterocycles. The van der Waals surface area contributed by atoms with Crippen LogP contribution in [0.3, 0.4) is 0 Å². The second kappa shape index (κ2) is 9.61. The molecular formula is C26H27N3O5. The first kappa shape index (κ1) is 22.0. The number of carbonyl (C=O) groups excluding carboxylic acids is 2. The number of morpholine rings is 1. The van der Waals surface area contributed by atoms with Crippen LogP contribution in [0.15, 0.2) is 67.0 Å². The molecule has 0 atom stereocenters. The molecule has 2 fully saturated rings. The van der Waals surface area contributed by atoms with Crippen LogP contribution >= 0.6 is 0 Å². The highest BCUT2D eigenvalue weighted by molar-refractivity contribution is 5.96. The maximum atomic E-state index is 12.6. The van der Waals surface area contributed by atoms with Gasteiger partial charge in [-0.1, -0.05) is 6.07 Å². The summed E-state index contributed by atoms with van der Waals surface area (Å²) in [6, 6.07) is 16.8. The molecular weight excluding hydrogens is 434 g/mol. The Hall–Kier alpha value is -3.78. The van der Waals surface area contributed by atoms with Crippen molar-refractivity contribution in [1.29, 1.82) is 0 Å². The Labute approximate surface area is 198 Å². The summed E-state index contributed by atoms with van der Waals surface area (Å²) in [5.41, 5.74) is 2.91. The van der Waals surface area contributed by atoms with E-state index in [0.717, 1.165) is 17.1 Å². The number of amides is 1. The van der Waals surface area contributed by atoms with Gasteiger partial charge in [0.05, 0.1) is 50.4 Å². The predicted octanol–water partition coefficient (Wildman–Crippen LogP) is 3.00. The average Bonchev–Trinajstić information content (AvgIpc) is 3.40. The van der Waals surface area contributed by atoms with Crippen molar-refractivity contribution in [1.82, 2.24) is 9.47 Å². The number of para-hydroxylation sites is 1. The van der Waals surface area contributed by atoms with Crippen LogP contribution in [-0.2, 0) is 9.47 Å². The van der Waals surface area contributed by atoms with Gasteiger partial charge in [0.1, 0.15) is 11.9 Å². The van der Waals surface area contributed by atoms with Gasteiger partial charge in [0.15, 0.2) is 0 Å². The van der Waals surface area contributed by atoms with E-state index >= 15 is 0 Å². The molecule has 1 amide bonds. The number of anilines is 1. The topological polar surface area (TPSA) is 73.2 Å². The van der Waals surface area contributed by atoms with E-state index in [1.807, 2.05) is 70.4 Å². The number of methoxy groups -OCH3 is 1. The highest BCUT2D eigenvalue weighted by Crippen LogP contribution is 2.33.